The second kappa shape index (κ2) is 7.05. The van der Waals surface area contributed by atoms with Crippen LogP contribution in [0.2, 0.25) is 0 Å². The quantitative estimate of drug-likeness (QED) is 0.861. The van der Waals surface area contributed by atoms with Crippen LogP contribution in [0.1, 0.15) is 5.56 Å². The van der Waals surface area contributed by atoms with Crippen molar-refractivity contribution in [3.05, 3.63) is 54.1 Å². The van der Waals surface area contributed by atoms with Gasteiger partial charge in [-0.25, -0.2) is 0 Å². The first kappa shape index (κ1) is 15.2. The standard InChI is InChI=1S/C18H19NO4/c1-13-6-8-14(9-7-13)21-11-10-19-18(20)17-12-22-15-4-2-3-5-16(15)23-17/h2-9,17H,10-12H2,1H3,(H,19,20)/t17-/m1/s1. The molecule has 1 aliphatic heterocycles. The molecule has 1 atom stereocenters. The van der Waals surface area contributed by atoms with Crippen LogP contribution in [0.3, 0.4) is 0 Å². The van der Waals surface area contributed by atoms with Crippen LogP contribution in [-0.4, -0.2) is 31.8 Å². The van der Waals surface area contributed by atoms with Crippen molar-refractivity contribution in [3.63, 3.8) is 0 Å². The second-order valence-corrected chi connectivity index (χ2v) is 5.32. The Kier molecular flexibility index (Phi) is 4.66. The zero-order valence-corrected chi connectivity index (χ0v) is 13.0. The van der Waals surface area contributed by atoms with Gasteiger partial charge in [0.2, 0.25) is 6.10 Å². The summed E-state index contributed by atoms with van der Waals surface area (Å²) in [6.45, 7) is 3.04. The Balaban J connectivity index is 1.42. The van der Waals surface area contributed by atoms with E-state index in [0.29, 0.717) is 24.7 Å². The van der Waals surface area contributed by atoms with Crippen LogP contribution < -0.4 is 19.5 Å². The van der Waals surface area contributed by atoms with E-state index in [0.717, 1.165) is 5.75 Å². The van der Waals surface area contributed by atoms with Gasteiger partial charge in [0.25, 0.3) is 5.91 Å². The summed E-state index contributed by atoms with van der Waals surface area (Å²) < 4.78 is 16.7. The van der Waals surface area contributed by atoms with Crippen molar-refractivity contribution >= 4 is 5.91 Å². The first-order valence-corrected chi connectivity index (χ1v) is 7.58. The van der Waals surface area contributed by atoms with Crippen molar-refractivity contribution in [2.24, 2.45) is 0 Å². The molecule has 0 fully saturated rings. The summed E-state index contributed by atoms with van der Waals surface area (Å²) >= 11 is 0. The van der Waals surface area contributed by atoms with Gasteiger partial charge in [-0.15, -0.1) is 0 Å². The summed E-state index contributed by atoms with van der Waals surface area (Å²) in [7, 11) is 0. The molecule has 23 heavy (non-hydrogen) atoms. The van der Waals surface area contributed by atoms with Gasteiger partial charge >= 0.3 is 0 Å². The van der Waals surface area contributed by atoms with Gasteiger partial charge in [-0.1, -0.05) is 29.8 Å². The molecule has 1 N–H and O–H groups in total. The van der Waals surface area contributed by atoms with E-state index >= 15 is 0 Å². The maximum absolute atomic E-state index is 12.1. The Bertz CT molecular complexity index is 669. The van der Waals surface area contributed by atoms with Gasteiger partial charge in [-0.05, 0) is 31.2 Å². The van der Waals surface area contributed by atoms with Crippen molar-refractivity contribution < 1.29 is 19.0 Å². The molecular formula is C18H19NO4. The summed E-state index contributed by atoms with van der Waals surface area (Å²) in [5.74, 6) is 1.84. The predicted molar refractivity (Wildman–Crippen MR) is 86.0 cm³/mol. The zero-order chi connectivity index (χ0) is 16.1. The number of hydrogen-bond acceptors (Lipinski definition) is 4. The summed E-state index contributed by atoms with van der Waals surface area (Å²) in [6.07, 6.45) is -0.635. The molecule has 3 rings (SSSR count). The minimum atomic E-state index is -0.635. The van der Waals surface area contributed by atoms with Gasteiger partial charge in [0.05, 0.1) is 6.54 Å². The number of hydrogen-bond donors (Lipinski definition) is 1. The normalized spacial score (nSPS) is 15.8. The molecule has 2 aromatic carbocycles. The Morgan fingerprint density at radius 1 is 1.17 bits per heavy atom. The summed E-state index contributed by atoms with van der Waals surface area (Å²) in [5, 5.41) is 2.80. The van der Waals surface area contributed by atoms with Gasteiger partial charge in [0.15, 0.2) is 11.5 Å². The number of fused-ring (bicyclic) bond motifs is 1. The van der Waals surface area contributed by atoms with Gasteiger partial charge in [0, 0.05) is 0 Å². The van der Waals surface area contributed by atoms with Crippen molar-refractivity contribution in [3.8, 4) is 17.2 Å². The lowest BCUT2D eigenvalue weighted by Gasteiger charge is -2.25. The fourth-order valence-corrected chi connectivity index (χ4v) is 2.24. The molecule has 5 nitrogen and oxygen atoms in total. The third kappa shape index (κ3) is 3.94. The molecule has 2 aromatic rings. The van der Waals surface area contributed by atoms with Crippen molar-refractivity contribution in [1.82, 2.24) is 5.32 Å². The van der Waals surface area contributed by atoms with Crippen LogP contribution >= 0.6 is 0 Å². The number of carbonyl (C=O) groups excluding carboxylic acids is 1. The molecule has 0 bridgehead atoms. The average Bonchev–Trinajstić information content (AvgIpc) is 2.59. The largest absolute Gasteiger partial charge is 0.492 e. The minimum absolute atomic E-state index is 0.202. The van der Waals surface area contributed by atoms with Crippen LogP contribution in [0.5, 0.6) is 17.2 Å². The van der Waals surface area contributed by atoms with E-state index in [4.69, 9.17) is 14.2 Å². The molecule has 0 unspecified atom stereocenters. The molecule has 120 valence electrons. The molecule has 1 aliphatic rings. The molecular weight excluding hydrogens is 294 g/mol. The number of para-hydroxylation sites is 2. The predicted octanol–water partition coefficient (Wildman–Crippen LogP) is 2.33. The SMILES string of the molecule is Cc1ccc(OCCNC(=O)[C@H]2COc3ccccc3O2)cc1. The molecule has 5 heteroatoms. The molecule has 0 saturated heterocycles. The number of ether oxygens (including phenoxy) is 3. The number of rotatable bonds is 5. The lowest BCUT2D eigenvalue weighted by molar-refractivity contribution is -0.130. The molecule has 0 radical (unpaired) electrons. The highest BCUT2D eigenvalue weighted by molar-refractivity contribution is 5.81. The first-order valence-electron chi connectivity index (χ1n) is 7.58. The van der Waals surface area contributed by atoms with Gasteiger partial charge in [0.1, 0.15) is 19.0 Å². The van der Waals surface area contributed by atoms with E-state index in [2.05, 4.69) is 5.32 Å². The number of amides is 1. The van der Waals surface area contributed by atoms with Gasteiger partial charge < -0.3 is 19.5 Å². The van der Waals surface area contributed by atoms with Gasteiger partial charge in [-0.3, -0.25) is 4.79 Å². The van der Waals surface area contributed by atoms with Crippen LogP contribution in [-0.2, 0) is 4.79 Å². The van der Waals surface area contributed by atoms with E-state index < -0.39 is 6.10 Å². The topological polar surface area (TPSA) is 56.8 Å². The summed E-state index contributed by atoms with van der Waals surface area (Å²) in [6, 6.07) is 15.1. The molecule has 0 aromatic heterocycles. The van der Waals surface area contributed by atoms with Gasteiger partial charge in [-0.2, -0.15) is 0 Å². The second-order valence-electron chi connectivity index (χ2n) is 5.32. The van der Waals surface area contributed by atoms with Crippen LogP contribution in [0.15, 0.2) is 48.5 Å². The molecule has 1 amide bonds. The molecule has 0 aliphatic carbocycles. The average molecular weight is 313 g/mol. The van der Waals surface area contributed by atoms with Crippen LogP contribution in [0.4, 0.5) is 0 Å². The van der Waals surface area contributed by atoms with Crippen molar-refractivity contribution in [2.75, 3.05) is 19.8 Å². The third-order valence-corrected chi connectivity index (χ3v) is 3.49. The lowest BCUT2D eigenvalue weighted by atomic mass is 10.2. The molecule has 1 heterocycles. The molecule has 0 spiro atoms. The maximum atomic E-state index is 12.1. The highest BCUT2D eigenvalue weighted by Crippen LogP contribution is 2.30. The Morgan fingerprint density at radius 3 is 2.70 bits per heavy atom. The highest BCUT2D eigenvalue weighted by Gasteiger charge is 2.26. The summed E-state index contributed by atoms with van der Waals surface area (Å²) in [5.41, 5.74) is 1.18. The summed E-state index contributed by atoms with van der Waals surface area (Å²) in [4.78, 5) is 12.1. The number of aryl methyl sites for hydroxylation is 1. The number of carbonyl (C=O) groups is 1. The fourth-order valence-electron chi connectivity index (χ4n) is 2.24. The Labute approximate surface area is 135 Å². The Morgan fingerprint density at radius 2 is 1.91 bits per heavy atom. The third-order valence-electron chi connectivity index (χ3n) is 3.49. The van der Waals surface area contributed by atoms with Crippen LogP contribution in [0.25, 0.3) is 0 Å². The number of benzene rings is 2. The van der Waals surface area contributed by atoms with Crippen LogP contribution in [0, 0.1) is 6.92 Å². The smallest absolute Gasteiger partial charge is 0.264 e. The van der Waals surface area contributed by atoms with Crippen molar-refractivity contribution in [2.45, 2.75) is 13.0 Å². The minimum Gasteiger partial charge on any atom is -0.492 e. The zero-order valence-electron chi connectivity index (χ0n) is 13.0. The van der Waals surface area contributed by atoms with E-state index in [1.54, 1.807) is 6.07 Å². The van der Waals surface area contributed by atoms with E-state index in [1.165, 1.54) is 5.56 Å². The molecule has 0 saturated carbocycles. The maximum Gasteiger partial charge on any atom is 0.264 e. The monoisotopic (exact) mass is 313 g/mol. The fraction of sp³-hybridized carbons (Fsp3) is 0.278. The van der Waals surface area contributed by atoms with E-state index in [-0.39, 0.29) is 12.5 Å². The van der Waals surface area contributed by atoms with E-state index in [9.17, 15) is 4.79 Å². The van der Waals surface area contributed by atoms with Crippen molar-refractivity contribution in [1.29, 1.82) is 0 Å². The highest BCUT2D eigenvalue weighted by atomic mass is 16.6. The number of nitrogens with one attached hydrogen (secondary N) is 1. The van der Waals surface area contributed by atoms with E-state index in [1.807, 2.05) is 49.4 Å². The Hall–Kier alpha value is -2.69. The lowest BCUT2D eigenvalue weighted by Crippen LogP contribution is -2.45. The first-order chi connectivity index (χ1) is 11.2.